The summed E-state index contributed by atoms with van der Waals surface area (Å²) in [5, 5.41) is 3.19. The molecule has 1 aliphatic carbocycles. The number of hydrogen-bond acceptors (Lipinski definition) is 3. The van der Waals surface area contributed by atoms with Gasteiger partial charge in [0.25, 0.3) is 0 Å². The number of imidazole rings is 1. The van der Waals surface area contributed by atoms with E-state index >= 15 is 0 Å². The van der Waals surface area contributed by atoms with Crippen LogP contribution in [0, 0.1) is 5.82 Å². The molecule has 1 atom stereocenters. The van der Waals surface area contributed by atoms with Crippen LogP contribution in [0.2, 0.25) is 0 Å². The lowest BCUT2D eigenvalue weighted by molar-refractivity contribution is -0.126. The lowest BCUT2D eigenvalue weighted by Crippen LogP contribution is -2.46. The van der Waals surface area contributed by atoms with Crippen LogP contribution in [0.3, 0.4) is 0 Å². The van der Waals surface area contributed by atoms with Gasteiger partial charge >= 0.3 is 0 Å². The van der Waals surface area contributed by atoms with Crippen molar-refractivity contribution in [1.82, 2.24) is 19.8 Å². The fourth-order valence-electron chi connectivity index (χ4n) is 4.22. The highest BCUT2D eigenvalue weighted by Gasteiger charge is 2.35. The smallest absolute Gasteiger partial charge is 0.243 e. The molecule has 1 saturated carbocycles. The quantitative estimate of drug-likeness (QED) is 0.847. The van der Waals surface area contributed by atoms with Crippen LogP contribution in [-0.2, 0) is 17.3 Å². The van der Waals surface area contributed by atoms with Gasteiger partial charge in [-0.3, -0.25) is 9.69 Å². The van der Waals surface area contributed by atoms with Gasteiger partial charge in [-0.15, -0.1) is 0 Å². The van der Waals surface area contributed by atoms with Crippen LogP contribution in [0.5, 0.6) is 0 Å². The zero-order valence-electron chi connectivity index (χ0n) is 16.4. The van der Waals surface area contributed by atoms with Crippen molar-refractivity contribution in [2.24, 2.45) is 7.05 Å². The molecule has 1 heterocycles. The van der Waals surface area contributed by atoms with E-state index in [1.807, 2.05) is 42.7 Å². The van der Waals surface area contributed by atoms with E-state index in [4.69, 9.17) is 0 Å². The zero-order valence-corrected chi connectivity index (χ0v) is 16.4. The summed E-state index contributed by atoms with van der Waals surface area (Å²) in [6.45, 7) is 0.569. The van der Waals surface area contributed by atoms with Crippen molar-refractivity contribution < 1.29 is 9.18 Å². The third-order valence-corrected chi connectivity index (χ3v) is 5.77. The minimum Gasteiger partial charge on any atom is -0.353 e. The Hall–Kier alpha value is -2.21. The van der Waals surface area contributed by atoms with Crippen LogP contribution in [-0.4, -0.2) is 41.0 Å². The number of likely N-dealkylation sites (N-methyl/N-ethyl adjacent to an activating group) is 1. The maximum atomic E-state index is 13.4. The van der Waals surface area contributed by atoms with E-state index in [-0.39, 0.29) is 17.1 Å². The van der Waals surface area contributed by atoms with Crippen molar-refractivity contribution in [3.8, 4) is 0 Å². The molecule has 1 aliphatic rings. The van der Waals surface area contributed by atoms with E-state index in [9.17, 15) is 9.18 Å². The SMILES string of the molecule is CN(C)C(C(=O)NCC1(c2ccc(F)cc2)CCCCC1)c1cncn1C. The van der Waals surface area contributed by atoms with Gasteiger partial charge < -0.3 is 9.88 Å². The average Bonchev–Trinajstić information content (AvgIpc) is 3.07. The van der Waals surface area contributed by atoms with Crippen LogP contribution in [0.4, 0.5) is 4.39 Å². The maximum absolute atomic E-state index is 13.4. The van der Waals surface area contributed by atoms with E-state index in [1.54, 1.807) is 12.5 Å². The molecule has 146 valence electrons. The highest BCUT2D eigenvalue weighted by atomic mass is 19.1. The molecular weight excluding hydrogens is 343 g/mol. The largest absolute Gasteiger partial charge is 0.353 e. The third-order valence-electron chi connectivity index (χ3n) is 5.77. The lowest BCUT2D eigenvalue weighted by Gasteiger charge is -2.38. The molecule has 1 unspecified atom stereocenters. The highest BCUT2D eigenvalue weighted by Crippen LogP contribution is 2.39. The summed E-state index contributed by atoms with van der Waals surface area (Å²) in [5.74, 6) is -0.256. The van der Waals surface area contributed by atoms with E-state index in [0.717, 1.165) is 36.9 Å². The van der Waals surface area contributed by atoms with Crippen LogP contribution >= 0.6 is 0 Å². The second kappa shape index (κ2) is 8.21. The lowest BCUT2D eigenvalue weighted by atomic mass is 9.69. The summed E-state index contributed by atoms with van der Waals surface area (Å²) in [6, 6.07) is 6.39. The number of carbonyl (C=O) groups excluding carboxylic acids is 1. The Kier molecular flexibility index (Phi) is 5.95. The number of halogens is 1. The zero-order chi connectivity index (χ0) is 19.4. The van der Waals surface area contributed by atoms with Crippen LogP contribution < -0.4 is 5.32 Å². The predicted molar refractivity (Wildman–Crippen MR) is 104 cm³/mol. The molecule has 0 radical (unpaired) electrons. The summed E-state index contributed by atoms with van der Waals surface area (Å²) in [6.07, 6.45) is 8.94. The first-order chi connectivity index (χ1) is 12.9. The van der Waals surface area contributed by atoms with Crippen molar-refractivity contribution in [1.29, 1.82) is 0 Å². The first kappa shape index (κ1) is 19.5. The molecule has 6 heteroatoms. The number of aromatic nitrogens is 2. The topological polar surface area (TPSA) is 50.2 Å². The Labute approximate surface area is 160 Å². The average molecular weight is 372 g/mol. The normalized spacial score (nSPS) is 17.7. The van der Waals surface area contributed by atoms with Gasteiger partial charge in [-0.2, -0.15) is 0 Å². The van der Waals surface area contributed by atoms with E-state index in [2.05, 4.69) is 10.3 Å². The number of rotatable bonds is 6. The molecule has 1 fully saturated rings. The van der Waals surface area contributed by atoms with Crippen molar-refractivity contribution in [2.75, 3.05) is 20.6 Å². The number of carbonyl (C=O) groups is 1. The molecule has 2 aromatic rings. The van der Waals surface area contributed by atoms with Crippen LogP contribution in [0.25, 0.3) is 0 Å². The summed E-state index contributed by atoms with van der Waals surface area (Å²) in [5.41, 5.74) is 1.85. The van der Waals surface area contributed by atoms with Gasteiger partial charge in [0.15, 0.2) is 0 Å². The van der Waals surface area contributed by atoms with Gasteiger partial charge in [-0.05, 0) is 44.6 Å². The second-order valence-electron chi connectivity index (χ2n) is 7.86. The number of hydrogen-bond donors (Lipinski definition) is 1. The molecule has 0 saturated heterocycles. The number of nitrogens with one attached hydrogen (secondary N) is 1. The molecule has 1 aromatic carbocycles. The van der Waals surface area contributed by atoms with E-state index < -0.39 is 6.04 Å². The first-order valence-corrected chi connectivity index (χ1v) is 9.59. The van der Waals surface area contributed by atoms with Crippen molar-refractivity contribution in [2.45, 2.75) is 43.6 Å². The van der Waals surface area contributed by atoms with Gasteiger partial charge in [-0.25, -0.2) is 9.37 Å². The van der Waals surface area contributed by atoms with Crippen molar-refractivity contribution >= 4 is 5.91 Å². The van der Waals surface area contributed by atoms with Gasteiger partial charge in [0.1, 0.15) is 11.9 Å². The fourth-order valence-corrected chi connectivity index (χ4v) is 4.22. The molecular formula is C21H29FN4O. The van der Waals surface area contributed by atoms with E-state index in [0.29, 0.717) is 6.54 Å². The highest BCUT2D eigenvalue weighted by molar-refractivity contribution is 5.82. The van der Waals surface area contributed by atoms with E-state index in [1.165, 1.54) is 18.6 Å². The summed E-state index contributed by atoms with van der Waals surface area (Å²) >= 11 is 0. The van der Waals surface area contributed by atoms with Gasteiger partial charge in [-0.1, -0.05) is 31.4 Å². The van der Waals surface area contributed by atoms with Gasteiger partial charge in [0.05, 0.1) is 18.2 Å². The Bertz CT molecular complexity index is 763. The standard InChI is InChI=1S/C21H29FN4O/c1-25(2)19(18-13-23-15-26(18)3)20(27)24-14-21(11-5-4-6-12-21)16-7-9-17(22)10-8-16/h7-10,13,15,19H,4-6,11-12,14H2,1-3H3,(H,24,27). The van der Waals surface area contributed by atoms with Crippen LogP contribution in [0.1, 0.15) is 49.4 Å². The Morgan fingerprint density at radius 3 is 2.48 bits per heavy atom. The number of nitrogens with zero attached hydrogens (tertiary/aromatic N) is 3. The number of aryl methyl sites for hydroxylation is 1. The third kappa shape index (κ3) is 4.21. The molecule has 1 N–H and O–H groups in total. The first-order valence-electron chi connectivity index (χ1n) is 9.59. The number of amides is 1. The molecule has 5 nitrogen and oxygen atoms in total. The van der Waals surface area contributed by atoms with Crippen LogP contribution in [0.15, 0.2) is 36.8 Å². The fraction of sp³-hybridized carbons (Fsp3) is 0.524. The second-order valence-corrected chi connectivity index (χ2v) is 7.86. The monoisotopic (exact) mass is 372 g/mol. The molecule has 27 heavy (non-hydrogen) atoms. The van der Waals surface area contributed by atoms with Crippen molar-refractivity contribution in [3.05, 3.63) is 53.9 Å². The summed E-state index contributed by atoms with van der Waals surface area (Å²) in [4.78, 5) is 19.1. The molecule has 1 aromatic heterocycles. The Morgan fingerprint density at radius 1 is 1.26 bits per heavy atom. The molecule has 0 bridgehead atoms. The number of benzene rings is 1. The molecule has 0 aliphatic heterocycles. The van der Waals surface area contributed by atoms with Gasteiger partial charge in [0.2, 0.25) is 5.91 Å². The van der Waals surface area contributed by atoms with Crippen molar-refractivity contribution in [3.63, 3.8) is 0 Å². The Morgan fingerprint density at radius 2 is 1.93 bits per heavy atom. The summed E-state index contributed by atoms with van der Waals surface area (Å²) in [7, 11) is 5.69. The minimum atomic E-state index is -0.397. The molecule has 0 spiro atoms. The predicted octanol–water partition coefficient (Wildman–Crippen LogP) is 3.18. The molecule has 3 rings (SSSR count). The maximum Gasteiger partial charge on any atom is 0.243 e. The Balaban J connectivity index is 1.79. The minimum absolute atomic E-state index is 0.0318. The summed E-state index contributed by atoms with van der Waals surface area (Å²) < 4.78 is 15.3. The van der Waals surface area contributed by atoms with Gasteiger partial charge in [0, 0.05) is 19.0 Å². The molecule has 1 amide bonds.